The zero-order valence-corrected chi connectivity index (χ0v) is 11.7. The third-order valence-electron chi connectivity index (χ3n) is 3.63. The predicted molar refractivity (Wildman–Crippen MR) is 67.7 cm³/mol. The van der Waals surface area contributed by atoms with Gasteiger partial charge in [0.05, 0.1) is 23.0 Å². The number of hydrogen-bond donors (Lipinski definition) is 1. The molecule has 0 amide bonds. The number of rotatable bonds is 4. The van der Waals surface area contributed by atoms with Gasteiger partial charge in [0, 0.05) is 24.5 Å². The zero-order valence-electron chi connectivity index (χ0n) is 10.9. The fourth-order valence-electron chi connectivity index (χ4n) is 2.48. The minimum atomic E-state index is -4.46. The third kappa shape index (κ3) is 3.29. The maximum atomic E-state index is 12.8. The second-order valence-corrected chi connectivity index (χ2v) is 5.90. The van der Waals surface area contributed by atoms with Crippen molar-refractivity contribution >= 4 is 17.3 Å². The van der Waals surface area contributed by atoms with Gasteiger partial charge in [-0.25, -0.2) is 4.98 Å². The van der Waals surface area contributed by atoms with Crippen LogP contribution in [-0.4, -0.2) is 46.8 Å². The highest BCUT2D eigenvalue weighted by Gasteiger charge is 2.52. The number of aliphatic carboxylic acids is 1. The maximum Gasteiger partial charge on any atom is 0.393 e. The van der Waals surface area contributed by atoms with E-state index in [1.54, 1.807) is 10.4 Å². The van der Waals surface area contributed by atoms with Crippen molar-refractivity contribution in [3.8, 4) is 0 Å². The largest absolute Gasteiger partial charge is 0.481 e. The Bertz CT molecular complexity index is 489. The van der Waals surface area contributed by atoms with E-state index in [-0.39, 0.29) is 13.1 Å². The van der Waals surface area contributed by atoms with Crippen LogP contribution in [0.4, 0.5) is 13.2 Å². The first-order valence-corrected chi connectivity index (χ1v) is 7.08. The molecular weight excluding hydrogens is 293 g/mol. The number of thiazole rings is 1. The topological polar surface area (TPSA) is 53.4 Å². The number of nitrogens with zero attached hydrogens (tertiary/aromatic N) is 2. The molecule has 1 fully saturated rings. The second kappa shape index (κ2) is 5.69. The molecule has 1 saturated heterocycles. The molecule has 1 aromatic rings. The molecule has 0 aromatic carbocycles. The Balaban J connectivity index is 1.98. The maximum absolute atomic E-state index is 12.8. The van der Waals surface area contributed by atoms with Crippen molar-refractivity contribution < 1.29 is 23.1 Å². The van der Waals surface area contributed by atoms with Gasteiger partial charge in [0.15, 0.2) is 0 Å². The van der Waals surface area contributed by atoms with Crippen LogP contribution in [0.2, 0.25) is 0 Å². The highest BCUT2D eigenvalue weighted by molar-refractivity contribution is 7.09. The average molecular weight is 308 g/mol. The van der Waals surface area contributed by atoms with Crippen LogP contribution in [0, 0.1) is 18.8 Å². The molecule has 1 aliphatic heterocycles. The van der Waals surface area contributed by atoms with E-state index in [9.17, 15) is 18.0 Å². The molecule has 2 rings (SSSR count). The highest BCUT2D eigenvalue weighted by Crippen LogP contribution is 2.37. The Hall–Kier alpha value is -1.15. The Morgan fingerprint density at radius 1 is 1.55 bits per heavy atom. The molecule has 112 valence electrons. The molecule has 8 heteroatoms. The number of carboxylic acids is 1. The summed E-state index contributed by atoms with van der Waals surface area (Å²) in [5.41, 5.74) is 2.59. The van der Waals surface area contributed by atoms with Gasteiger partial charge in [-0.1, -0.05) is 0 Å². The smallest absolute Gasteiger partial charge is 0.393 e. The lowest BCUT2D eigenvalue weighted by molar-refractivity contribution is -0.188. The van der Waals surface area contributed by atoms with Crippen molar-refractivity contribution in [2.45, 2.75) is 19.5 Å². The van der Waals surface area contributed by atoms with E-state index in [0.717, 1.165) is 10.6 Å². The Kier molecular flexibility index (Phi) is 4.33. The summed E-state index contributed by atoms with van der Waals surface area (Å²) >= 11 is 1.47. The van der Waals surface area contributed by atoms with Crippen molar-refractivity contribution in [1.29, 1.82) is 0 Å². The molecule has 2 atom stereocenters. The summed E-state index contributed by atoms with van der Waals surface area (Å²) in [7, 11) is 0. The summed E-state index contributed by atoms with van der Waals surface area (Å²) < 4.78 is 38.5. The summed E-state index contributed by atoms with van der Waals surface area (Å²) in [6.45, 7) is 2.00. The van der Waals surface area contributed by atoms with Gasteiger partial charge in [0.25, 0.3) is 0 Å². The van der Waals surface area contributed by atoms with Gasteiger partial charge in [0.1, 0.15) is 0 Å². The molecular formula is C12H15F3N2O2S. The average Bonchev–Trinajstić information content (AvgIpc) is 2.91. The van der Waals surface area contributed by atoms with Crippen LogP contribution in [0.15, 0.2) is 5.51 Å². The fraction of sp³-hybridized carbons (Fsp3) is 0.667. The summed E-state index contributed by atoms with van der Waals surface area (Å²) in [6.07, 6.45) is -3.86. The molecule has 0 spiro atoms. The first kappa shape index (κ1) is 15.2. The molecule has 2 heterocycles. The van der Waals surface area contributed by atoms with Gasteiger partial charge >= 0.3 is 12.1 Å². The van der Waals surface area contributed by atoms with E-state index in [1.165, 1.54) is 11.3 Å². The normalized spacial score (nSPS) is 24.2. The van der Waals surface area contributed by atoms with Crippen LogP contribution in [-0.2, 0) is 11.2 Å². The summed E-state index contributed by atoms with van der Waals surface area (Å²) in [6, 6.07) is 0. The lowest BCUT2D eigenvalue weighted by atomic mass is 9.96. The van der Waals surface area contributed by atoms with Crippen LogP contribution in [0.1, 0.15) is 10.6 Å². The molecule has 0 saturated carbocycles. The standard InChI is InChI=1S/C12H15F3N2O2S/c1-7-10(20-6-16-7)2-3-17-4-8(11(18)19)9(5-17)12(13,14)15/h6,8-9H,2-5H2,1H3,(H,18,19)/t8-,9-/m1/s1. The lowest BCUT2D eigenvalue weighted by Crippen LogP contribution is -2.33. The van der Waals surface area contributed by atoms with E-state index in [0.29, 0.717) is 13.0 Å². The molecule has 20 heavy (non-hydrogen) atoms. The van der Waals surface area contributed by atoms with Crippen LogP contribution in [0.3, 0.4) is 0 Å². The first-order valence-electron chi connectivity index (χ1n) is 6.20. The van der Waals surface area contributed by atoms with Crippen molar-refractivity contribution in [2.24, 2.45) is 11.8 Å². The molecule has 1 N–H and O–H groups in total. The predicted octanol–water partition coefficient (Wildman–Crippen LogP) is 2.19. The molecule has 1 aliphatic rings. The first-order chi connectivity index (χ1) is 9.29. The zero-order chi connectivity index (χ0) is 14.9. The third-order valence-corrected chi connectivity index (χ3v) is 4.63. The van der Waals surface area contributed by atoms with E-state index in [4.69, 9.17) is 5.11 Å². The molecule has 0 radical (unpaired) electrons. The summed E-state index contributed by atoms with van der Waals surface area (Å²) in [4.78, 5) is 17.7. The number of hydrogen-bond acceptors (Lipinski definition) is 4. The van der Waals surface area contributed by atoms with Crippen LogP contribution >= 0.6 is 11.3 Å². The molecule has 4 nitrogen and oxygen atoms in total. The Morgan fingerprint density at radius 2 is 2.25 bits per heavy atom. The highest BCUT2D eigenvalue weighted by atomic mass is 32.1. The van der Waals surface area contributed by atoms with Gasteiger partial charge < -0.3 is 10.0 Å². The van der Waals surface area contributed by atoms with E-state index >= 15 is 0 Å². The van der Waals surface area contributed by atoms with Crippen LogP contribution in [0.25, 0.3) is 0 Å². The molecule has 0 bridgehead atoms. The van der Waals surface area contributed by atoms with Crippen LogP contribution < -0.4 is 0 Å². The number of aromatic nitrogens is 1. The molecule has 0 aliphatic carbocycles. The number of carboxylic acid groups (broad SMARTS) is 1. The Labute approximate surface area is 118 Å². The van der Waals surface area contributed by atoms with Crippen molar-refractivity contribution in [2.75, 3.05) is 19.6 Å². The number of aryl methyl sites for hydroxylation is 1. The Morgan fingerprint density at radius 3 is 2.70 bits per heavy atom. The monoisotopic (exact) mass is 308 g/mol. The molecule has 1 aromatic heterocycles. The van der Waals surface area contributed by atoms with Crippen molar-refractivity contribution in [3.05, 3.63) is 16.1 Å². The van der Waals surface area contributed by atoms with E-state index in [2.05, 4.69) is 4.98 Å². The van der Waals surface area contributed by atoms with E-state index < -0.39 is 24.0 Å². The quantitative estimate of drug-likeness (QED) is 0.926. The van der Waals surface area contributed by atoms with E-state index in [1.807, 2.05) is 6.92 Å². The van der Waals surface area contributed by atoms with Gasteiger partial charge in [-0.3, -0.25) is 4.79 Å². The van der Waals surface area contributed by atoms with Crippen molar-refractivity contribution in [1.82, 2.24) is 9.88 Å². The number of carbonyl (C=O) groups is 1. The number of alkyl halides is 3. The number of likely N-dealkylation sites (tertiary alicyclic amines) is 1. The fourth-order valence-corrected chi connectivity index (χ4v) is 3.25. The lowest BCUT2D eigenvalue weighted by Gasteiger charge is -2.18. The van der Waals surface area contributed by atoms with Gasteiger partial charge in [0.2, 0.25) is 0 Å². The summed E-state index contributed by atoms with van der Waals surface area (Å²) in [5, 5.41) is 8.93. The molecule has 0 unspecified atom stereocenters. The van der Waals surface area contributed by atoms with Crippen LogP contribution in [0.5, 0.6) is 0 Å². The minimum Gasteiger partial charge on any atom is -0.481 e. The van der Waals surface area contributed by atoms with Gasteiger partial charge in [-0.15, -0.1) is 11.3 Å². The summed E-state index contributed by atoms with van der Waals surface area (Å²) in [5.74, 6) is -4.51. The SMILES string of the molecule is Cc1ncsc1CCN1C[C@@H](C(F)(F)F)[C@H](C(=O)O)C1. The van der Waals surface area contributed by atoms with Gasteiger partial charge in [-0.2, -0.15) is 13.2 Å². The van der Waals surface area contributed by atoms with Gasteiger partial charge in [-0.05, 0) is 13.3 Å². The number of halogens is 3. The van der Waals surface area contributed by atoms with Crippen molar-refractivity contribution in [3.63, 3.8) is 0 Å². The second-order valence-electron chi connectivity index (χ2n) is 4.96. The minimum absolute atomic E-state index is 0.0443.